The third-order valence-electron chi connectivity index (χ3n) is 6.63. The number of para-hydroxylation sites is 1. The molecule has 1 saturated heterocycles. The largest absolute Gasteiger partial charge is 0.449 e. The van der Waals surface area contributed by atoms with Gasteiger partial charge in [-0.05, 0) is 51.5 Å². The van der Waals surface area contributed by atoms with Crippen LogP contribution in [0.4, 0.5) is 5.69 Å². The molecule has 1 aromatic heterocycles. The smallest absolute Gasteiger partial charge is 0.331 e. The van der Waals surface area contributed by atoms with Gasteiger partial charge in [-0.1, -0.05) is 48.0 Å². The molecule has 7 nitrogen and oxygen atoms in total. The summed E-state index contributed by atoms with van der Waals surface area (Å²) in [4.78, 5) is 29.4. The van der Waals surface area contributed by atoms with Crippen molar-refractivity contribution in [2.75, 3.05) is 31.1 Å². The highest BCUT2D eigenvalue weighted by Crippen LogP contribution is 2.18. The van der Waals surface area contributed by atoms with Crippen LogP contribution in [-0.2, 0) is 20.9 Å². The van der Waals surface area contributed by atoms with E-state index in [4.69, 9.17) is 4.74 Å². The number of nitrogens with zero attached hydrogens (tertiary/aromatic N) is 4. The van der Waals surface area contributed by atoms with Gasteiger partial charge in [0, 0.05) is 49.2 Å². The van der Waals surface area contributed by atoms with Crippen LogP contribution in [0.3, 0.4) is 0 Å². The van der Waals surface area contributed by atoms with Crippen molar-refractivity contribution < 1.29 is 14.3 Å². The summed E-state index contributed by atoms with van der Waals surface area (Å²) in [6.07, 6.45) is 2.27. The molecule has 3 aromatic rings. The minimum atomic E-state index is -0.836. The third-order valence-corrected chi connectivity index (χ3v) is 6.63. The molecular weight excluding hydrogens is 452 g/mol. The first-order valence-electron chi connectivity index (χ1n) is 12.4. The number of hydrogen-bond donors (Lipinski definition) is 0. The van der Waals surface area contributed by atoms with Gasteiger partial charge in [0.1, 0.15) is 0 Å². The minimum absolute atomic E-state index is 0.164. The van der Waals surface area contributed by atoms with E-state index in [-0.39, 0.29) is 5.91 Å². The molecule has 4 rings (SSSR count). The lowest BCUT2D eigenvalue weighted by Crippen LogP contribution is -2.51. The van der Waals surface area contributed by atoms with Crippen molar-refractivity contribution in [2.45, 2.75) is 40.3 Å². The number of rotatable bonds is 7. The zero-order valence-electron chi connectivity index (χ0n) is 21.5. The number of esters is 1. The Hall–Kier alpha value is -3.87. The van der Waals surface area contributed by atoms with E-state index >= 15 is 0 Å². The van der Waals surface area contributed by atoms with Crippen molar-refractivity contribution in [1.82, 2.24) is 14.7 Å². The standard InChI is InChI=1S/C29H34N4O3/c1-21-10-12-25(13-11-21)20-33-23(3)27(22(2)30-33)14-15-28(34)36-24(4)29(35)32-18-16-31(17-19-32)26-8-6-5-7-9-26/h5-15,24H,16-20H2,1-4H3/b15-14+. The number of aromatic nitrogens is 2. The van der Waals surface area contributed by atoms with Gasteiger partial charge in [0.15, 0.2) is 6.10 Å². The summed E-state index contributed by atoms with van der Waals surface area (Å²) in [7, 11) is 0. The Morgan fingerprint density at radius 1 is 0.972 bits per heavy atom. The number of hydrogen-bond acceptors (Lipinski definition) is 5. The van der Waals surface area contributed by atoms with Crippen molar-refractivity contribution in [3.05, 3.63) is 88.8 Å². The summed E-state index contributed by atoms with van der Waals surface area (Å²) in [6, 6.07) is 18.5. The molecule has 0 saturated carbocycles. The van der Waals surface area contributed by atoms with Gasteiger partial charge in [-0.15, -0.1) is 0 Å². The Morgan fingerprint density at radius 2 is 1.64 bits per heavy atom. The molecule has 0 aliphatic carbocycles. The predicted molar refractivity (Wildman–Crippen MR) is 142 cm³/mol. The van der Waals surface area contributed by atoms with Crippen molar-refractivity contribution in [1.29, 1.82) is 0 Å². The van der Waals surface area contributed by atoms with Crippen molar-refractivity contribution >= 4 is 23.6 Å². The molecule has 1 atom stereocenters. The van der Waals surface area contributed by atoms with E-state index in [1.165, 1.54) is 11.6 Å². The molecule has 36 heavy (non-hydrogen) atoms. The van der Waals surface area contributed by atoms with Crippen molar-refractivity contribution in [3.63, 3.8) is 0 Å². The Kier molecular flexibility index (Phi) is 7.88. The molecule has 2 aromatic carbocycles. The lowest BCUT2D eigenvalue weighted by atomic mass is 10.1. The molecule has 0 bridgehead atoms. The summed E-state index contributed by atoms with van der Waals surface area (Å²) >= 11 is 0. The molecule has 7 heteroatoms. The van der Waals surface area contributed by atoms with Crippen LogP contribution in [0.1, 0.15) is 35.0 Å². The van der Waals surface area contributed by atoms with Gasteiger partial charge in [-0.25, -0.2) is 4.79 Å². The van der Waals surface area contributed by atoms with Crippen molar-refractivity contribution in [2.24, 2.45) is 0 Å². The number of amides is 1. The number of anilines is 1. The molecule has 1 amide bonds. The fourth-order valence-electron chi connectivity index (χ4n) is 4.47. The van der Waals surface area contributed by atoms with E-state index in [1.54, 1.807) is 17.9 Å². The Morgan fingerprint density at radius 3 is 2.31 bits per heavy atom. The van der Waals surface area contributed by atoms with E-state index in [0.29, 0.717) is 19.6 Å². The summed E-state index contributed by atoms with van der Waals surface area (Å²) in [5.74, 6) is -0.702. The SMILES string of the molecule is Cc1ccc(Cn2nc(C)c(/C=C/C(=O)OC(C)C(=O)N3CCN(c4ccccc4)CC3)c2C)cc1. The van der Waals surface area contributed by atoms with Crippen LogP contribution in [0.5, 0.6) is 0 Å². The first-order chi connectivity index (χ1) is 17.3. The van der Waals surface area contributed by atoms with E-state index in [0.717, 1.165) is 41.3 Å². The number of carbonyl (C=O) groups is 2. The molecule has 0 N–H and O–H groups in total. The highest BCUT2D eigenvalue weighted by atomic mass is 16.5. The van der Waals surface area contributed by atoms with Crippen LogP contribution in [0, 0.1) is 20.8 Å². The van der Waals surface area contributed by atoms with Crippen LogP contribution in [0.25, 0.3) is 6.08 Å². The molecule has 1 aliphatic heterocycles. The third kappa shape index (κ3) is 6.03. The summed E-state index contributed by atoms with van der Waals surface area (Å²) in [5.41, 5.74) is 6.23. The van der Waals surface area contributed by atoms with Gasteiger partial charge in [0.05, 0.1) is 12.2 Å². The highest BCUT2D eigenvalue weighted by molar-refractivity contribution is 5.90. The highest BCUT2D eigenvalue weighted by Gasteiger charge is 2.27. The molecule has 188 valence electrons. The minimum Gasteiger partial charge on any atom is -0.449 e. The normalized spacial score (nSPS) is 14.8. The molecule has 2 heterocycles. The summed E-state index contributed by atoms with van der Waals surface area (Å²) in [5, 5.41) is 4.63. The Balaban J connectivity index is 1.31. The van der Waals surface area contributed by atoms with Crippen LogP contribution < -0.4 is 4.90 Å². The van der Waals surface area contributed by atoms with Crippen LogP contribution in [0.15, 0.2) is 60.7 Å². The lowest BCUT2D eigenvalue weighted by molar-refractivity contribution is -0.155. The number of aryl methyl sites for hydroxylation is 2. The first-order valence-corrected chi connectivity index (χ1v) is 12.4. The predicted octanol–water partition coefficient (Wildman–Crippen LogP) is 4.15. The van der Waals surface area contributed by atoms with Gasteiger partial charge in [0.2, 0.25) is 0 Å². The van der Waals surface area contributed by atoms with Crippen LogP contribution >= 0.6 is 0 Å². The summed E-state index contributed by atoms with van der Waals surface area (Å²) in [6.45, 7) is 11.0. The van der Waals surface area contributed by atoms with Gasteiger partial charge in [-0.3, -0.25) is 9.48 Å². The maximum absolute atomic E-state index is 12.8. The van der Waals surface area contributed by atoms with Gasteiger partial charge in [0.25, 0.3) is 5.91 Å². The van der Waals surface area contributed by atoms with Gasteiger partial charge >= 0.3 is 5.97 Å². The average Bonchev–Trinajstić information content (AvgIpc) is 3.16. The maximum atomic E-state index is 12.8. The Bertz CT molecular complexity index is 1220. The topological polar surface area (TPSA) is 67.7 Å². The number of piperazine rings is 1. The zero-order valence-corrected chi connectivity index (χ0v) is 21.5. The van der Waals surface area contributed by atoms with E-state index < -0.39 is 12.1 Å². The number of carbonyl (C=O) groups excluding carboxylic acids is 2. The monoisotopic (exact) mass is 486 g/mol. The number of ether oxygens (including phenoxy) is 1. The molecule has 1 fully saturated rings. The van der Waals surface area contributed by atoms with Gasteiger partial charge < -0.3 is 14.5 Å². The van der Waals surface area contributed by atoms with E-state index in [2.05, 4.69) is 53.3 Å². The van der Waals surface area contributed by atoms with E-state index in [1.807, 2.05) is 36.7 Å². The van der Waals surface area contributed by atoms with Crippen LogP contribution in [-0.4, -0.2) is 58.8 Å². The molecule has 1 unspecified atom stereocenters. The fourth-order valence-corrected chi connectivity index (χ4v) is 4.47. The lowest BCUT2D eigenvalue weighted by Gasteiger charge is -2.36. The summed E-state index contributed by atoms with van der Waals surface area (Å²) < 4.78 is 7.37. The molecule has 0 spiro atoms. The zero-order chi connectivity index (χ0) is 25.7. The fraction of sp³-hybridized carbons (Fsp3) is 0.345. The van der Waals surface area contributed by atoms with Crippen molar-refractivity contribution in [3.8, 4) is 0 Å². The van der Waals surface area contributed by atoms with Gasteiger partial charge in [-0.2, -0.15) is 5.10 Å². The second kappa shape index (κ2) is 11.2. The van der Waals surface area contributed by atoms with Crippen LogP contribution in [0.2, 0.25) is 0 Å². The number of benzene rings is 2. The maximum Gasteiger partial charge on any atom is 0.331 e. The second-order valence-electron chi connectivity index (χ2n) is 9.29. The van der Waals surface area contributed by atoms with E-state index in [9.17, 15) is 9.59 Å². The quantitative estimate of drug-likeness (QED) is 0.371. The second-order valence-corrected chi connectivity index (χ2v) is 9.29. The average molecular weight is 487 g/mol. The molecule has 1 aliphatic rings. The molecular formula is C29H34N4O3. The molecule has 0 radical (unpaired) electrons. The first kappa shape index (κ1) is 25.2. The Labute approximate surface area is 213 Å².